The van der Waals surface area contributed by atoms with Crippen molar-refractivity contribution in [2.45, 2.75) is 45.1 Å². The average molecular weight is 299 g/mol. The zero-order valence-electron chi connectivity index (χ0n) is 13.3. The summed E-state index contributed by atoms with van der Waals surface area (Å²) >= 11 is 0. The number of nitrogens with one attached hydrogen (secondary N) is 1. The maximum absolute atomic E-state index is 12.3. The Bertz CT molecular complexity index is 540. The van der Waals surface area contributed by atoms with Crippen molar-refractivity contribution in [1.29, 1.82) is 0 Å². The van der Waals surface area contributed by atoms with Crippen LogP contribution in [0, 0.1) is 30.6 Å². The second kappa shape index (κ2) is 5.60. The molecule has 1 N–H and O–H groups in total. The lowest BCUT2D eigenvalue weighted by Gasteiger charge is -2.54. The minimum absolute atomic E-state index is 0.0407. The van der Waals surface area contributed by atoms with Crippen LogP contribution in [0.1, 0.15) is 37.7 Å². The Kier molecular flexibility index (Phi) is 3.59. The molecule has 0 unspecified atom stereocenters. The smallest absolute Gasteiger partial charge is 0.258 e. The zero-order valence-corrected chi connectivity index (χ0v) is 13.3. The molecule has 4 aliphatic carbocycles. The van der Waals surface area contributed by atoms with Crippen LogP contribution in [0.5, 0.6) is 5.75 Å². The Morgan fingerprint density at radius 2 is 1.82 bits per heavy atom. The Morgan fingerprint density at radius 1 is 1.14 bits per heavy atom. The van der Waals surface area contributed by atoms with E-state index in [4.69, 9.17) is 4.74 Å². The van der Waals surface area contributed by atoms with Crippen LogP contribution < -0.4 is 10.1 Å². The van der Waals surface area contributed by atoms with E-state index in [2.05, 4.69) is 5.32 Å². The third kappa shape index (κ3) is 2.73. The molecule has 5 rings (SSSR count). The molecule has 1 aromatic rings. The largest absolute Gasteiger partial charge is 0.484 e. The summed E-state index contributed by atoms with van der Waals surface area (Å²) in [6, 6.07) is 8.27. The monoisotopic (exact) mass is 299 g/mol. The highest BCUT2D eigenvalue weighted by atomic mass is 16.5. The van der Waals surface area contributed by atoms with Gasteiger partial charge in [0.05, 0.1) is 0 Å². The second-order valence-electron chi connectivity index (χ2n) is 7.63. The van der Waals surface area contributed by atoms with Crippen molar-refractivity contribution in [3.05, 3.63) is 29.8 Å². The number of amides is 1. The molecule has 0 aliphatic heterocycles. The van der Waals surface area contributed by atoms with Crippen molar-refractivity contribution < 1.29 is 9.53 Å². The fourth-order valence-electron chi connectivity index (χ4n) is 5.24. The summed E-state index contributed by atoms with van der Waals surface area (Å²) in [6.45, 7) is 2.16. The number of carbonyl (C=O) groups excluding carboxylic acids is 1. The standard InChI is InChI=1S/C19H25NO2/c1-12-3-2-4-17(5-12)22-11-18(21)20-19-15-7-13-6-14(9-15)10-16(19)8-13/h2-5,13-16,19H,6-11H2,1H3,(H,20,21). The van der Waals surface area contributed by atoms with Crippen LogP contribution in [-0.2, 0) is 4.79 Å². The molecule has 22 heavy (non-hydrogen) atoms. The number of ether oxygens (including phenoxy) is 1. The van der Waals surface area contributed by atoms with Gasteiger partial charge >= 0.3 is 0 Å². The number of benzene rings is 1. The molecular formula is C19H25NO2. The van der Waals surface area contributed by atoms with Gasteiger partial charge in [-0.1, -0.05) is 12.1 Å². The third-order valence-corrected chi connectivity index (χ3v) is 5.91. The molecular weight excluding hydrogens is 274 g/mol. The van der Waals surface area contributed by atoms with E-state index in [9.17, 15) is 4.79 Å². The van der Waals surface area contributed by atoms with E-state index in [0.29, 0.717) is 6.04 Å². The highest BCUT2D eigenvalue weighted by Crippen LogP contribution is 2.53. The predicted octanol–water partition coefficient (Wildman–Crippen LogP) is 3.31. The van der Waals surface area contributed by atoms with Crippen LogP contribution >= 0.6 is 0 Å². The van der Waals surface area contributed by atoms with E-state index >= 15 is 0 Å². The molecule has 118 valence electrons. The minimum Gasteiger partial charge on any atom is -0.484 e. The molecule has 0 saturated heterocycles. The van der Waals surface area contributed by atoms with Crippen molar-refractivity contribution in [3.63, 3.8) is 0 Å². The lowest BCUT2D eigenvalue weighted by molar-refractivity contribution is -0.127. The molecule has 4 fully saturated rings. The molecule has 3 heteroatoms. The Balaban J connectivity index is 1.32. The summed E-state index contributed by atoms with van der Waals surface area (Å²) in [7, 11) is 0. The van der Waals surface area contributed by atoms with Gasteiger partial charge in [-0.2, -0.15) is 0 Å². The van der Waals surface area contributed by atoms with Crippen LogP contribution in [0.4, 0.5) is 0 Å². The van der Waals surface area contributed by atoms with Crippen molar-refractivity contribution in [2.75, 3.05) is 6.61 Å². The van der Waals surface area contributed by atoms with Gasteiger partial charge in [0.25, 0.3) is 5.91 Å². The molecule has 0 atom stereocenters. The molecule has 4 saturated carbocycles. The maximum Gasteiger partial charge on any atom is 0.258 e. The van der Waals surface area contributed by atoms with Crippen molar-refractivity contribution >= 4 is 5.91 Å². The quantitative estimate of drug-likeness (QED) is 0.926. The van der Waals surface area contributed by atoms with E-state index in [-0.39, 0.29) is 12.5 Å². The van der Waals surface area contributed by atoms with Crippen molar-refractivity contribution in [1.82, 2.24) is 5.32 Å². The lowest BCUT2D eigenvalue weighted by Crippen LogP contribution is -2.56. The first kappa shape index (κ1) is 14.1. The van der Waals surface area contributed by atoms with Gasteiger partial charge < -0.3 is 10.1 Å². The topological polar surface area (TPSA) is 38.3 Å². The van der Waals surface area contributed by atoms with Crippen molar-refractivity contribution in [2.24, 2.45) is 23.7 Å². The summed E-state index contributed by atoms with van der Waals surface area (Å²) in [6.07, 6.45) is 6.77. The predicted molar refractivity (Wildman–Crippen MR) is 85.6 cm³/mol. The van der Waals surface area contributed by atoms with Gasteiger partial charge in [-0.05, 0) is 80.4 Å². The van der Waals surface area contributed by atoms with Gasteiger partial charge in [0, 0.05) is 6.04 Å². The fourth-order valence-corrected chi connectivity index (χ4v) is 5.24. The second-order valence-corrected chi connectivity index (χ2v) is 7.63. The molecule has 0 radical (unpaired) electrons. The molecule has 4 bridgehead atoms. The molecule has 0 heterocycles. The molecule has 4 aliphatic rings. The maximum atomic E-state index is 12.3. The number of aryl methyl sites for hydroxylation is 1. The summed E-state index contributed by atoms with van der Waals surface area (Å²) in [4.78, 5) is 12.3. The first-order valence-corrected chi connectivity index (χ1v) is 8.66. The number of rotatable bonds is 4. The Morgan fingerprint density at radius 3 is 2.45 bits per heavy atom. The number of carbonyl (C=O) groups is 1. The van der Waals surface area contributed by atoms with E-state index in [1.54, 1.807) is 0 Å². The first-order chi connectivity index (χ1) is 10.7. The molecule has 1 amide bonds. The van der Waals surface area contributed by atoms with Crippen LogP contribution in [0.25, 0.3) is 0 Å². The van der Waals surface area contributed by atoms with E-state index < -0.39 is 0 Å². The van der Waals surface area contributed by atoms with Gasteiger partial charge in [0.1, 0.15) is 5.75 Å². The van der Waals surface area contributed by atoms with E-state index in [1.165, 1.54) is 32.1 Å². The normalized spacial score (nSPS) is 35.4. The summed E-state index contributed by atoms with van der Waals surface area (Å²) in [5.74, 6) is 4.15. The summed E-state index contributed by atoms with van der Waals surface area (Å²) in [5.41, 5.74) is 1.15. The fraction of sp³-hybridized carbons (Fsp3) is 0.632. The Hall–Kier alpha value is -1.51. The summed E-state index contributed by atoms with van der Waals surface area (Å²) in [5, 5.41) is 3.28. The number of hydrogen-bond acceptors (Lipinski definition) is 2. The molecule has 3 nitrogen and oxygen atoms in total. The summed E-state index contributed by atoms with van der Waals surface area (Å²) < 4.78 is 5.63. The van der Waals surface area contributed by atoms with E-state index in [0.717, 1.165) is 35.0 Å². The number of hydrogen-bond donors (Lipinski definition) is 1. The van der Waals surface area contributed by atoms with Crippen LogP contribution in [0.3, 0.4) is 0 Å². The van der Waals surface area contributed by atoms with Crippen LogP contribution in [-0.4, -0.2) is 18.6 Å². The molecule has 0 spiro atoms. The van der Waals surface area contributed by atoms with E-state index in [1.807, 2.05) is 31.2 Å². The SMILES string of the molecule is Cc1cccc(OCC(=O)NC2C3CC4CC(C3)CC2C4)c1. The third-order valence-electron chi connectivity index (χ3n) is 5.91. The molecule has 0 aromatic heterocycles. The van der Waals surface area contributed by atoms with Gasteiger partial charge in [-0.25, -0.2) is 0 Å². The van der Waals surface area contributed by atoms with Crippen LogP contribution in [0.2, 0.25) is 0 Å². The van der Waals surface area contributed by atoms with Gasteiger partial charge in [0.2, 0.25) is 0 Å². The first-order valence-electron chi connectivity index (χ1n) is 8.66. The lowest BCUT2D eigenvalue weighted by atomic mass is 9.54. The zero-order chi connectivity index (χ0) is 15.1. The average Bonchev–Trinajstić information content (AvgIpc) is 2.48. The minimum atomic E-state index is 0.0407. The highest BCUT2D eigenvalue weighted by Gasteiger charge is 2.48. The van der Waals surface area contributed by atoms with Gasteiger partial charge in [0.15, 0.2) is 6.61 Å². The van der Waals surface area contributed by atoms with Gasteiger partial charge in [-0.15, -0.1) is 0 Å². The van der Waals surface area contributed by atoms with Crippen LogP contribution in [0.15, 0.2) is 24.3 Å². The highest BCUT2D eigenvalue weighted by molar-refractivity contribution is 5.78. The Labute approximate surface area is 132 Å². The van der Waals surface area contributed by atoms with Crippen molar-refractivity contribution in [3.8, 4) is 5.75 Å². The van der Waals surface area contributed by atoms with Gasteiger partial charge in [-0.3, -0.25) is 4.79 Å². The molecule has 1 aromatic carbocycles.